The van der Waals surface area contributed by atoms with Crippen LogP contribution >= 0.6 is 0 Å². The molecule has 1 aromatic heterocycles. The molecule has 1 N–H and O–H groups in total. The lowest BCUT2D eigenvalue weighted by molar-refractivity contribution is 0.0689. The second kappa shape index (κ2) is 5.17. The fourth-order valence-electron chi connectivity index (χ4n) is 2.63. The molecule has 0 amide bonds. The molecule has 19 heavy (non-hydrogen) atoms. The Kier molecular flexibility index (Phi) is 3.38. The van der Waals surface area contributed by atoms with E-state index in [0.717, 1.165) is 43.5 Å². The Hall–Kier alpha value is -1.62. The van der Waals surface area contributed by atoms with Gasteiger partial charge in [0.05, 0.1) is 13.2 Å². The molecule has 3 rings (SSSR count). The third kappa shape index (κ3) is 2.56. The highest BCUT2D eigenvalue weighted by Crippen LogP contribution is 2.27. The lowest BCUT2D eigenvalue weighted by Gasteiger charge is -2.13. The van der Waals surface area contributed by atoms with Crippen LogP contribution in [0.4, 0.5) is 0 Å². The van der Waals surface area contributed by atoms with Gasteiger partial charge in [0, 0.05) is 18.2 Å². The molecule has 1 saturated heterocycles. The van der Waals surface area contributed by atoms with Gasteiger partial charge in [-0.15, -0.1) is 0 Å². The molecule has 0 radical (unpaired) electrons. The van der Waals surface area contributed by atoms with Crippen LogP contribution in [-0.4, -0.2) is 35.9 Å². The SMILES string of the molecule is O=C(O)c1cc2c(nc1OCC1CCOC1)CCC2. The summed E-state index contributed by atoms with van der Waals surface area (Å²) in [6.07, 6.45) is 3.84. The Bertz CT molecular complexity index is 494. The summed E-state index contributed by atoms with van der Waals surface area (Å²) in [5, 5.41) is 9.24. The standard InChI is InChI=1S/C14H17NO4/c16-14(17)11-6-10-2-1-3-12(10)15-13(11)19-8-9-4-5-18-7-9/h6,9H,1-5,7-8H2,(H,16,17). The van der Waals surface area contributed by atoms with Gasteiger partial charge in [-0.25, -0.2) is 9.78 Å². The second-order valence-electron chi connectivity index (χ2n) is 5.15. The molecule has 1 aromatic rings. The van der Waals surface area contributed by atoms with E-state index in [-0.39, 0.29) is 11.4 Å². The summed E-state index contributed by atoms with van der Waals surface area (Å²) < 4.78 is 10.9. The first-order valence-electron chi connectivity index (χ1n) is 6.70. The molecule has 0 aromatic carbocycles. The van der Waals surface area contributed by atoms with Gasteiger partial charge in [-0.05, 0) is 37.3 Å². The van der Waals surface area contributed by atoms with E-state index in [1.807, 2.05) is 0 Å². The Labute approximate surface area is 111 Å². The Morgan fingerprint density at radius 1 is 1.53 bits per heavy atom. The fourth-order valence-corrected chi connectivity index (χ4v) is 2.63. The van der Waals surface area contributed by atoms with Crippen LogP contribution in [0.1, 0.15) is 34.5 Å². The zero-order chi connectivity index (χ0) is 13.2. The van der Waals surface area contributed by atoms with E-state index in [1.165, 1.54) is 0 Å². The van der Waals surface area contributed by atoms with Crippen molar-refractivity contribution in [3.05, 3.63) is 22.9 Å². The first-order valence-corrected chi connectivity index (χ1v) is 6.70. The number of nitrogens with zero attached hydrogens (tertiary/aromatic N) is 1. The van der Waals surface area contributed by atoms with Crippen molar-refractivity contribution in [3.63, 3.8) is 0 Å². The quantitative estimate of drug-likeness (QED) is 0.895. The van der Waals surface area contributed by atoms with E-state index in [1.54, 1.807) is 6.07 Å². The summed E-state index contributed by atoms with van der Waals surface area (Å²) in [4.78, 5) is 15.7. The van der Waals surface area contributed by atoms with Gasteiger partial charge in [-0.3, -0.25) is 0 Å². The van der Waals surface area contributed by atoms with Gasteiger partial charge in [0.15, 0.2) is 0 Å². The summed E-state index contributed by atoms with van der Waals surface area (Å²) in [6.45, 7) is 1.93. The van der Waals surface area contributed by atoms with Gasteiger partial charge < -0.3 is 14.6 Å². The lowest BCUT2D eigenvalue weighted by Crippen LogP contribution is -2.15. The first-order chi connectivity index (χ1) is 9.24. The molecule has 1 atom stereocenters. The van der Waals surface area contributed by atoms with E-state index in [2.05, 4.69) is 4.98 Å². The van der Waals surface area contributed by atoms with E-state index in [4.69, 9.17) is 9.47 Å². The van der Waals surface area contributed by atoms with Gasteiger partial charge in [-0.1, -0.05) is 0 Å². The van der Waals surface area contributed by atoms with Crippen LogP contribution in [0.15, 0.2) is 6.07 Å². The molecule has 2 aliphatic rings. The van der Waals surface area contributed by atoms with Crippen LogP contribution in [0.5, 0.6) is 5.88 Å². The molecule has 102 valence electrons. The Balaban J connectivity index is 1.80. The largest absolute Gasteiger partial charge is 0.477 e. The van der Waals surface area contributed by atoms with Crippen molar-refractivity contribution in [2.45, 2.75) is 25.7 Å². The molecule has 5 nitrogen and oxygen atoms in total. The van der Waals surface area contributed by atoms with E-state index in [0.29, 0.717) is 19.1 Å². The average molecular weight is 263 g/mol. The third-order valence-corrected chi connectivity index (χ3v) is 3.73. The molecular weight excluding hydrogens is 246 g/mol. The molecule has 0 bridgehead atoms. The van der Waals surface area contributed by atoms with Crippen LogP contribution in [0.2, 0.25) is 0 Å². The minimum Gasteiger partial charge on any atom is -0.477 e. The number of pyridine rings is 1. The zero-order valence-electron chi connectivity index (χ0n) is 10.7. The summed E-state index contributed by atoms with van der Waals surface area (Å²) in [5.41, 5.74) is 2.22. The number of fused-ring (bicyclic) bond motifs is 1. The van der Waals surface area contributed by atoms with Crippen molar-refractivity contribution >= 4 is 5.97 Å². The number of carbonyl (C=O) groups is 1. The van der Waals surface area contributed by atoms with E-state index < -0.39 is 5.97 Å². The third-order valence-electron chi connectivity index (χ3n) is 3.73. The maximum absolute atomic E-state index is 11.3. The van der Waals surface area contributed by atoms with Gasteiger partial charge >= 0.3 is 5.97 Å². The highest BCUT2D eigenvalue weighted by atomic mass is 16.5. The molecule has 2 heterocycles. The number of hydrogen-bond donors (Lipinski definition) is 1. The summed E-state index contributed by atoms with van der Waals surface area (Å²) in [5.74, 6) is -0.364. The summed E-state index contributed by atoms with van der Waals surface area (Å²) in [7, 11) is 0. The van der Waals surface area contributed by atoms with Crippen LogP contribution < -0.4 is 4.74 Å². The normalized spacial score (nSPS) is 21.4. The fraction of sp³-hybridized carbons (Fsp3) is 0.571. The van der Waals surface area contributed by atoms with Crippen LogP contribution in [0.3, 0.4) is 0 Å². The van der Waals surface area contributed by atoms with Crippen molar-refractivity contribution in [1.29, 1.82) is 0 Å². The summed E-state index contributed by atoms with van der Waals surface area (Å²) >= 11 is 0. The van der Waals surface area contributed by atoms with Crippen molar-refractivity contribution in [3.8, 4) is 5.88 Å². The van der Waals surface area contributed by atoms with Crippen molar-refractivity contribution in [2.75, 3.05) is 19.8 Å². The minimum atomic E-state index is -0.972. The average Bonchev–Trinajstić information content (AvgIpc) is 3.05. The van der Waals surface area contributed by atoms with Crippen LogP contribution in [0, 0.1) is 5.92 Å². The molecule has 0 saturated carbocycles. The van der Waals surface area contributed by atoms with Gasteiger partial charge in [0.1, 0.15) is 5.56 Å². The Morgan fingerprint density at radius 3 is 3.16 bits per heavy atom. The number of rotatable bonds is 4. The number of hydrogen-bond acceptors (Lipinski definition) is 4. The first kappa shape index (κ1) is 12.4. The highest BCUT2D eigenvalue weighted by molar-refractivity contribution is 5.90. The van der Waals surface area contributed by atoms with Crippen LogP contribution in [0.25, 0.3) is 0 Å². The van der Waals surface area contributed by atoms with E-state index >= 15 is 0 Å². The van der Waals surface area contributed by atoms with Gasteiger partial charge in [0.25, 0.3) is 0 Å². The molecule has 0 spiro atoms. The van der Waals surface area contributed by atoms with Crippen molar-refractivity contribution in [1.82, 2.24) is 4.98 Å². The zero-order valence-corrected chi connectivity index (χ0v) is 10.7. The van der Waals surface area contributed by atoms with Crippen molar-refractivity contribution < 1.29 is 19.4 Å². The predicted molar refractivity (Wildman–Crippen MR) is 67.6 cm³/mol. The summed E-state index contributed by atoms with van der Waals surface area (Å²) in [6, 6.07) is 1.72. The maximum atomic E-state index is 11.3. The van der Waals surface area contributed by atoms with Crippen LogP contribution in [-0.2, 0) is 17.6 Å². The second-order valence-corrected chi connectivity index (χ2v) is 5.15. The molecule has 1 fully saturated rings. The number of carboxylic acid groups (broad SMARTS) is 1. The Morgan fingerprint density at radius 2 is 2.42 bits per heavy atom. The van der Waals surface area contributed by atoms with Gasteiger partial charge in [-0.2, -0.15) is 0 Å². The number of aryl methyl sites for hydroxylation is 2. The maximum Gasteiger partial charge on any atom is 0.341 e. The number of carboxylic acids is 1. The smallest absolute Gasteiger partial charge is 0.341 e. The molecule has 1 aliphatic heterocycles. The van der Waals surface area contributed by atoms with E-state index in [9.17, 15) is 9.90 Å². The number of aromatic nitrogens is 1. The van der Waals surface area contributed by atoms with Crippen molar-refractivity contribution in [2.24, 2.45) is 5.92 Å². The topological polar surface area (TPSA) is 68.7 Å². The minimum absolute atomic E-state index is 0.180. The molecule has 5 heteroatoms. The lowest BCUT2D eigenvalue weighted by atomic mass is 10.1. The number of ether oxygens (including phenoxy) is 2. The molecule has 1 unspecified atom stereocenters. The molecule has 1 aliphatic carbocycles. The molecular formula is C14H17NO4. The predicted octanol–water partition coefficient (Wildman–Crippen LogP) is 1.68. The van der Waals surface area contributed by atoms with Gasteiger partial charge in [0.2, 0.25) is 5.88 Å². The highest BCUT2D eigenvalue weighted by Gasteiger charge is 2.22. The number of aromatic carboxylic acids is 1. The monoisotopic (exact) mass is 263 g/mol.